The fourth-order valence-corrected chi connectivity index (χ4v) is 3.72. The van der Waals surface area contributed by atoms with Gasteiger partial charge in [0.05, 0.1) is 11.7 Å². The molecule has 0 heterocycles. The minimum absolute atomic E-state index is 0.267. The Bertz CT molecular complexity index is 495. The molecule has 0 radical (unpaired) electrons. The molecule has 0 spiro atoms. The molecule has 0 amide bonds. The van der Waals surface area contributed by atoms with Crippen LogP contribution in [0.5, 0.6) is 0 Å². The number of hydrogen-bond donors (Lipinski definition) is 2. The number of unbranched alkanes of at least 4 members (excludes halogenated alkanes) is 14. The number of hydrogen-bond acceptors (Lipinski definition) is 2. The lowest BCUT2D eigenvalue weighted by Crippen LogP contribution is -2.00. The van der Waals surface area contributed by atoms with Gasteiger partial charge in [0.15, 0.2) is 0 Å². The number of rotatable bonds is 18. The zero-order valence-corrected chi connectivity index (χ0v) is 18.0. The Labute approximate surface area is 172 Å². The Morgan fingerprint density at radius 3 is 1.50 bits per heavy atom. The maximum atomic E-state index is 10.8. The summed E-state index contributed by atoms with van der Waals surface area (Å²) >= 11 is 0. The van der Waals surface area contributed by atoms with Crippen molar-refractivity contribution in [2.75, 3.05) is 0 Å². The summed E-state index contributed by atoms with van der Waals surface area (Å²) in [7, 11) is 0. The summed E-state index contributed by atoms with van der Waals surface area (Å²) in [5, 5.41) is 19.1. The van der Waals surface area contributed by atoms with Gasteiger partial charge in [-0.25, -0.2) is 4.79 Å². The predicted molar refractivity (Wildman–Crippen MR) is 118 cm³/mol. The molecule has 0 aliphatic carbocycles. The molecule has 2 N–H and O–H groups in total. The first kappa shape index (κ1) is 24.7. The van der Waals surface area contributed by atoms with Crippen LogP contribution in [0.3, 0.4) is 0 Å². The van der Waals surface area contributed by atoms with Gasteiger partial charge in [-0.2, -0.15) is 0 Å². The second kappa shape index (κ2) is 16.6. The summed E-state index contributed by atoms with van der Waals surface area (Å²) in [5.41, 5.74) is 1.08. The van der Waals surface area contributed by atoms with Crippen LogP contribution in [0.4, 0.5) is 0 Å². The number of aromatic carboxylic acids is 1. The number of benzene rings is 1. The smallest absolute Gasteiger partial charge is 0.335 e. The van der Waals surface area contributed by atoms with E-state index in [1.54, 1.807) is 24.3 Å². The van der Waals surface area contributed by atoms with Gasteiger partial charge in [-0.3, -0.25) is 0 Å². The third-order valence-electron chi connectivity index (χ3n) is 5.62. The molecule has 0 aliphatic rings. The summed E-state index contributed by atoms with van der Waals surface area (Å²) in [5.74, 6) is -0.927. The first-order valence-electron chi connectivity index (χ1n) is 11.7. The van der Waals surface area contributed by atoms with E-state index in [4.69, 9.17) is 5.11 Å². The maximum absolute atomic E-state index is 10.8. The van der Waals surface area contributed by atoms with Crippen molar-refractivity contribution in [2.45, 2.75) is 116 Å². The third kappa shape index (κ3) is 12.2. The molecule has 0 aromatic heterocycles. The maximum Gasteiger partial charge on any atom is 0.335 e. The largest absolute Gasteiger partial charge is 0.478 e. The molecular formula is C25H42O3. The average molecular weight is 391 g/mol. The number of carboxylic acids is 1. The lowest BCUT2D eigenvalue weighted by Gasteiger charge is -2.11. The fourth-order valence-electron chi connectivity index (χ4n) is 3.72. The Balaban J connectivity index is 1.89. The highest BCUT2D eigenvalue weighted by atomic mass is 16.4. The first-order valence-corrected chi connectivity index (χ1v) is 11.7. The molecule has 0 aliphatic heterocycles. The average Bonchev–Trinajstić information content (AvgIpc) is 2.70. The van der Waals surface area contributed by atoms with Gasteiger partial charge in [0.1, 0.15) is 0 Å². The molecule has 3 heteroatoms. The molecule has 0 saturated heterocycles. The Hall–Kier alpha value is -1.35. The van der Waals surface area contributed by atoms with Gasteiger partial charge in [0.2, 0.25) is 0 Å². The monoisotopic (exact) mass is 390 g/mol. The van der Waals surface area contributed by atoms with Crippen molar-refractivity contribution in [3.8, 4) is 0 Å². The second-order valence-electron chi connectivity index (χ2n) is 8.18. The van der Waals surface area contributed by atoms with Gasteiger partial charge in [-0.15, -0.1) is 0 Å². The minimum Gasteiger partial charge on any atom is -0.478 e. The van der Waals surface area contributed by atoms with Crippen molar-refractivity contribution in [3.63, 3.8) is 0 Å². The standard InChI is InChI=1S/C25H42O3/c1-2-3-4-5-6-7-8-9-10-11-12-13-14-15-16-17-24(26)22-18-20-23(21-19-22)25(27)28/h18-21,24,26H,2-17H2,1H3,(H,27,28). The normalized spacial score (nSPS) is 12.2. The summed E-state index contributed by atoms with van der Waals surface area (Å²) in [6.45, 7) is 2.27. The molecule has 1 atom stereocenters. The van der Waals surface area contributed by atoms with Crippen LogP contribution in [-0.4, -0.2) is 16.2 Å². The van der Waals surface area contributed by atoms with Crippen LogP contribution in [0.2, 0.25) is 0 Å². The molecule has 0 saturated carbocycles. The van der Waals surface area contributed by atoms with Crippen molar-refractivity contribution in [3.05, 3.63) is 35.4 Å². The van der Waals surface area contributed by atoms with Crippen molar-refractivity contribution in [2.24, 2.45) is 0 Å². The third-order valence-corrected chi connectivity index (χ3v) is 5.62. The van der Waals surface area contributed by atoms with Crippen LogP contribution in [0.15, 0.2) is 24.3 Å². The lowest BCUT2D eigenvalue weighted by molar-refractivity contribution is 0.0696. The van der Waals surface area contributed by atoms with Gasteiger partial charge < -0.3 is 10.2 Å². The highest BCUT2D eigenvalue weighted by Gasteiger charge is 2.08. The van der Waals surface area contributed by atoms with Gasteiger partial charge in [0.25, 0.3) is 0 Å². The molecule has 1 aromatic rings. The van der Waals surface area contributed by atoms with E-state index in [-0.39, 0.29) is 5.56 Å². The van der Waals surface area contributed by atoms with Crippen LogP contribution in [0.25, 0.3) is 0 Å². The van der Waals surface area contributed by atoms with Crippen molar-refractivity contribution < 1.29 is 15.0 Å². The highest BCUT2D eigenvalue weighted by molar-refractivity contribution is 5.87. The van der Waals surface area contributed by atoms with Crippen molar-refractivity contribution in [1.82, 2.24) is 0 Å². The van der Waals surface area contributed by atoms with Gasteiger partial charge in [-0.05, 0) is 24.1 Å². The van der Waals surface area contributed by atoms with E-state index in [1.807, 2.05) is 0 Å². The minimum atomic E-state index is -0.927. The molecule has 160 valence electrons. The molecule has 0 fully saturated rings. The summed E-state index contributed by atoms with van der Waals surface area (Å²) in [6.07, 6.45) is 20.4. The Morgan fingerprint density at radius 1 is 0.714 bits per heavy atom. The predicted octanol–water partition coefficient (Wildman–Crippen LogP) is 7.68. The lowest BCUT2D eigenvalue weighted by atomic mass is 10.0. The van der Waals surface area contributed by atoms with Crippen LogP contribution >= 0.6 is 0 Å². The second-order valence-corrected chi connectivity index (χ2v) is 8.18. The van der Waals surface area contributed by atoms with Crippen LogP contribution in [0.1, 0.15) is 132 Å². The van der Waals surface area contributed by atoms with Gasteiger partial charge in [0, 0.05) is 0 Å². The summed E-state index contributed by atoms with van der Waals surface area (Å²) in [4.78, 5) is 10.8. The zero-order chi connectivity index (χ0) is 20.5. The van der Waals surface area contributed by atoms with E-state index >= 15 is 0 Å². The van der Waals surface area contributed by atoms with Crippen LogP contribution < -0.4 is 0 Å². The molecule has 3 nitrogen and oxygen atoms in total. The highest BCUT2D eigenvalue weighted by Crippen LogP contribution is 2.21. The van der Waals surface area contributed by atoms with E-state index in [0.717, 1.165) is 18.4 Å². The van der Waals surface area contributed by atoms with Crippen LogP contribution in [0, 0.1) is 0 Å². The zero-order valence-electron chi connectivity index (χ0n) is 18.0. The summed E-state index contributed by atoms with van der Waals surface area (Å²) in [6, 6.07) is 6.57. The molecular weight excluding hydrogens is 348 g/mol. The number of aliphatic hydroxyl groups is 1. The molecule has 1 rings (SSSR count). The van der Waals surface area contributed by atoms with E-state index in [1.165, 1.54) is 89.9 Å². The topological polar surface area (TPSA) is 57.5 Å². The van der Waals surface area contributed by atoms with E-state index in [0.29, 0.717) is 0 Å². The SMILES string of the molecule is CCCCCCCCCCCCCCCCCC(O)c1ccc(C(=O)O)cc1. The Morgan fingerprint density at radius 2 is 1.11 bits per heavy atom. The van der Waals surface area contributed by atoms with E-state index in [9.17, 15) is 9.90 Å². The summed E-state index contributed by atoms with van der Waals surface area (Å²) < 4.78 is 0. The number of carboxylic acid groups (broad SMARTS) is 1. The molecule has 28 heavy (non-hydrogen) atoms. The molecule has 0 bridgehead atoms. The fraction of sp³-hybridized carbons (Fsp3) is 0.720. The van der Waals surface area contributed by atoms with Crippen LogP contribution in [-0.2, 0) is 0 Å². The quantitative estimate of drug-likeness (QED) is 0.253. The van der Waals surface area contributed by atoms with Crippen molar-refractivity contribution >= 4 is 5.97 Å². The van der Waals surface area contributed by atoms with Crippen molar-refractivity contribution in [1.29, 1.82) is 0 Å². The number of aliphatic hydroxyl groups excluding tert-OH is 1. The van der Waals surface area contributed by atoms with E-state index < -0.39 is 12.1 Å². The van der Waals surface area contributed by atoms with Gasteiger partial charge >= 0.3 is 5.97 Å². The Kier molecular flexibility index (Phi) is 14.6. The molecule has 1 aromatic carbocycles. The van der Waals surface area contributed by atoms with E-state index in [2.05, 4.69) is 6.92 Å². The van der Waals surface area contributed by atoms with Gasteiger partial charge in [-0.1, -0.05) is 115 Å². The number of carbonyl (C=O) groups is 1. The first-order chi connectivity index (χ1) is 13.6. The molecule has 1 unspecified atom stereocenters.